The van der Waals surface area contributed by atoms with Gasteiger partial charge in [-0.05, 0) is 67.3 Å². The van der Waals surface area contributed by atoms with Crippen LogP contribution >= 0.6 is 0 Å². The van der Waals surface area contributed by atoms with Crippen LogP contribution in [0.1, 0.15) is 48.8 Å². The molecule has 2 amide bonds. The first kappa shape index (κ1) is 33.7. The SMILES string of the molecule is COc1ccc(S(=O)(=O)N(CC(=O)N(Cc2ccccc2)[C@H](Cc2ccccc2)C(=O)NC2CCCCC2)c2ccc(C)cc2)cc1. The predicted octanol–water partition coefficient (Wildman–Crippen LogP) is 6.29. The highest BCUT2D eigenvalue weighted by molar-refractivity contribution is 7.92. The van der Waals surface area contributed by atoms with Gasteiger partial charge in [-0.2, -0.15) is 0 Å². The number of rotatable bonds is 13. The Kier molecular flexibility index (Phi) is 11.3. The number of sulfonamides is 1. The van der Waals surface area contributed by atoms with Crippen molar-refractivity contribution in [3.05, 3.63) is 126 Å². The van der Waals surface area contributed by atoms with Crippen LogP contribution in [0.15, 0.2) is 114 Å². The topological polar surface area (TPSA) is 96.0 Å². The number of carbonyl (C=O) groups is 2. The smallest absolute Gasteiger partial charge is 0.264 e. The maximum Gasteiger partial charge on any atom is 0.264 e. The average molecular weight is 654 g/mol. The molecule has 9 heteroatoms. The molecular weight excluding hydrogens is 611 g/mol. The Balaban J connectivity index is 1.54. The third kappa shape index (κ3) is 8.80. The Morgan fingerprint density at radius 2 is 1.40 bits per heavy atom. The van der Waals surface area contributed by atoms with E-state index in [0.29, 0.717) is 11.4 Å². The lowest BCUT2D eigenvalue weighted by atomic mass is 9.94. The molecule has 0 bridgehead atoms. The largest absolute Gasteiger partial charge is 0.497 e. The summed E-state index contributed by atoms with van der Waals surface area (Å²) in [6.45, 7) is 1.56. The molecule has 0 aliphatic heterocycles. The highest BCUT2D eigenvalue weighted by Crippen LogP contribution is 2.27. The first-order valence-corrected chi connectivity index (χ1v) is 17.6. The molecule has 5 rings (SSSR count). The number of ether oxygens (including phenoxy) is 1. The highest BCUT2D eigenvalue weighted by Gasteiger charge is 2.35. The maximum atomic E-state index is 14.6. The summed E-state index contributed by atoms with van der Waals surface area (Å²) in [7, 11) is -2.68. The van der Waals surface area contributed by atoms with Crippen LogP contribution in [0.4, 0.5) is 5.69 Å². The van der Waals surface area contributed by atoms with Crippen molar-refractivity contribution < 1.29 is 22.7 Å². The first-order chi connectivity index (χ1) is 22.7. The zero-order valence-corrected chi connectivity index (χ0v) is 27.9. The summed E-state index contributed by atoms with van der Waals surface area (Å²) in [5.41, 5.74) is 3.05. The van der Waals surface area contributed by atoms with Crippen LogP contribution in [-0.2, 0) is 32.6 Å². The molecule has 4 aromatic carbocycles. The van der Waals surface area contributed by atoms with E-state index in [9.17, 15) is 18.0 Å². The molecule has 1 fully saturated rings. The van der Waals surface area contributed by atoms with E-state index >= 15 is 0 Å². The second-order valence-corrected chi connectivity index (χ2v) is 13.9. The molecule has 0 spiro atoms. The van der Waals surface area contributed by atoms with Crippen molar-refractivity contribution in [3.8, 4) is 5.75 Å². The lowest BCUT2D eigenvalue weighted by Gasteiger charge is -2.35. The molecule has 1 aliphatic carbocycles. The molecular formula is C38H43N3O5S. The zero-order chi connectivity index (χ0) is 33.2. The second kappa shape index (κ2) is 15.8. The number of nitrogens with one attached hydrogen (secondary N) is 1. The summed E-state index contributed by atoms with van der Waals surface area (Å²) in [6, 6.07) is 31.4. The standard InChI is InChI=1S/C38H43N3O5S/c1-29-18-20-33(21-19-29)41(47(44,45)35-24-22-34(46-2)23-25-35)28-37(42)40(27-31-14-8-4-9-15-31)36(26-30-12-6-3-7-13-30)38(43)39-32-16-10-5-11-17-32/h3-4,6-9,12-15,18-25,32,36H,5,10-11,16-17,26-28H2,1-2H3,(H,39,43)/t36-/m1/s1. The number of anilines is 1. The van der Waals surface area contributed by atoms with Crippen molar-refractivity contribution in [3.63, 3.8) is 0 Å². The minimum Gasteiger partial charge on any atom is -0.497 e. The van der Waals surface area contributed by atoms with Gasteiger partial charge in [0.1, 0.15) is 18.3 Å². The Morgan fingerprint density at radius 3 is 2.00 bits per heavy atom. The van der Waals surface area contributed by atoms with Gasteiger partial charge >= 0.3 is 0 Å². The number of benzene rings is 4. The molecule has 0 radical (unpaired) electrons. The van der Waals surface area contributed by atoms with Gasteiger partial charge in [-0.15, -0.1) is 0 Å². The van der Waals surface area contributed by atoms with Gasteiger partial charge in [0.25, 0.3) is 10.0 Å². The van der Waals surface area contributed by atoms with Crippen molar-refractivity contribution in [1.29, 1.82) is 0 Å². The number of hydrogen-bond acceptors (Lipinski definition) is 5. The summed E-state index contributed by atoms with van der Waals surface area (Å²) in [5.74, 6) is -0.195. The van der Waals surface area contributed by atoms with Crippen molar-refractivity contribution >= 4 is 27.5 Å². The molecule has 1 atom stereocenters. The highest BCUT2D eigenvalue weighted by atomic mass is 32.2. The third-order valence-corrected chi connectivity index (χ3v) is 10.5. The lowest BCUT2D eigenvalue weighted by molar-refractivity contribution is -0.140. The first-order valence-electron chi connectivity index (χ1n) is 16.2. The van der Waals surface area contributed by atoms with Gasteiger partial charge in [0.05, 0.1) is 17.7 Å². The van der Waals surface area contributed by atoms with Crippen LogP contribution in [0.5, 0.6) is 5.75 Å². The van der Waals surface area contributed by atoms with Gasteiger partial charge in [-0.3, -0.25) is 13.9 Å². The second-order valence-electron chi connectivity index (χ2n) is 12.1. The van der Waals surface area contributed by atoms with E-state index in [1.807, 2.05) is 79.7 Å². The molecule has 47 heavy (non-hydrogen) atoms. The Labute approximate surface area is 278 Å². The number of hydrogen-bond donors (Lipinski definition) is 1. The van der Waals surface area contributed by atoms with Crippen molar-refractivity contribution in [2.75, 3.05) is 18.0 Å². The molecule has 0 unspecified atom stereocenters. The molecule has 8 nitrogen and oxygen atoms in total. The fourth-order valence-electron chi connectivity index (χ4n) is 5.99. The number of aryl methyl sites for hydroxylation is 1. The van der Waals surface area contributed by atoms with Crippen LogP contribution < -0.4 is 14.4 Å². The summed E-state index contributed by atoms with van der Waals surface area (Å²) >= 11 is 0. The summed E-state index contributed by atoms with van der Waals surface area (Å²) in [5, 5.41) is 3.24. The van der Waals surface area contributed by atoms with Crippen molar-refractivity contribution in [2.45, 2.75) is 69.0 Å². The van der Waals surface area contributed by atoms with E-state index in [2.05, 4.69) is 5.32 Å². The number of methoxy groups -OCH3 is 1. The normalized spacial score (nSPS) is 14.2. The van der Waals surface area contributed by atoms with E-state index in [-0.39, 0.29) is 29.8 Å². The van der Waals surface area contributed by atoms with Gasteiger partial charge in [0.15, 0.2) is 0 Å². The number of nitrogens with zero attached hydrogens (tertiary/aromatic N) is 2. The minimum absolute atomic E-state index is 0.0251. The number of carbonyl (C=O) groups excluding carboxylic acids is 2. The van der Waals surface area contributed by atoms with Crippen molar-refractivity contribution in [2.24, 2.45) is 0 Å². The Bertz CT molecular complexity index is 1710. The van der Waals surface area contributed by atoms with E-state index in [4.69, 9.17) is 4.74 Å². The molecule has 1 saturated carbocycles. The van der Waals surface area contributed by atoms with Crippen LogP contribution in [0, 0.1) is 6.92 Å². The van der Waals surface area contributed by atoms with Crippen LogP contribution in [-0.4, -0.2) is 50.9 Å². The van der Waals surface area contributed by atoms with Gasteiger partial charge in [-0.25, -0.2) is 8.42 Å². The van der Waals surface area contributed by atoms with Crippen molar-refractivity contribution in [1.82, 2.24) is 10.2 Å². The monoisotopic (exact) mass is 653 g/mol. The zero-order valence-electron chi connectivity index (χ0n) is 27.0. The molecule has 0 saturated heterocycles. The number of amides is 2. The Hall–Kier alpha value is -4.63. The Morgan fingerprint density at radius 1 is 0.809 bits per heavy atom. The minimum atomic E-state index is -4.19. The third-order valence-electron chi connectivity index (χ3n) is 8.67. The van der Waals surface area contributed by atoms with Gasteiger partial charge < -0.3 is 15.0 Å². The quantitative estimate of drug-likeness (QED) is 0.183. The van der Waals surface area contributed by atoms with Gasteiger partial charge in [0.2, 0.25) is 11.8 Å². The summed E-state index contributed by atoms with van der Waals surface area (Å²) < 4.78 is 34.8. The molecule has 0 heterocycles. The molecule has 1 aliphatic rings. The molecule has 0 aromatic heterocycles. The molecule has 4 aromatic rings. The molecule has 1 N–H and O–H groups in total. The van der Waals surface area contributed by atoms with Crippen LogP contribution in [0.2, 0.25) is 0 Å². The van der Waals surface area contributed by atoms with E-state index in [1.165, 1.54) is 19.2 Å². The fraction of sp³-hybridized carbons (Fsp3) is 0.316. The van der Waals surface area contributed by atoms with E-state index in [1.54, 1.807) is 29.2 Å². The lowest BCUT2D eigenvalue weighted by Crippen LogP contribution is -2.55. The van der Waals surface area contributed by atoms with Gasteiger partial charge in [-0.1, -0.05) is 97.6 Å². The van der Waals surface area contributed by atoms with E-state index < -0.39 is 28.5 Å². The maximum absolute atomic E-state index is 14.6. The summed E-state index contributed by atoms with van der Waals surface area (Å²) in [6.07, 6.45) is 5.34. The van der Waals surface area contributed by atoms with Gasteiger partial charge in [0, 0.05) is 19.0 Å². The fourth-order valence-corrected chi connectivity index (χ4v) is 7.41. The van der Waals surface area contributed by atoms with Crippen LogP contribution in [0.3, 0.4) is 0 Å². The van der Waals surface area contributed by atoms with Crippen LogP contribution in [0.25, 0.3) is 0 Å². The molecule has 246 valence electrons. The predicted molar refractivity (Wildman–Crippen MR) is 185 cm³/mol. The van der Waals surface area contributed by atoms with E-state index in [0.717, 1.165) is 53.1 Å². The average Bonchev–Trinajstić information content (AvgIpc) is 3.10. The summed E-state index contributed by atoms with van der Waals surface area (Å²) in [4.78, 5) is 30.4.